The Labute approximate surface area is 125 Å². The molecule has 0 saturated heterocycles. The number of benzene rings is 1. The summed E-state index contributed by atoms with van der Waals surface area (Å²) < 4.78 is 5.24. The third-order valence-corrected chi connectivity index (χ3v) is 2.81. The molecular weight excluding hydrogens is 272 g/mol. The van der Waals surface area contributed by atoms with Crippen molar-refractivity contribution in [3.05, 3.63) is 30.3 Å². The third kappa shape index (κ3) is 5.57. The number of carbonyl (C=O) groups excluding carboxylic acids is 1. The molecule has 0 bridgehead atoms. The molecule has 0 aliphatic rings. The van der Waals surface area contributed by atoms with E-state index in [9.17, 15) is 4.79 Å². The topological polar surface area (TPSA) is 50.4 Å². The fourth-order valence-corrected chi connectivity index (χ4v) is 1.88. The van der Waals surface area contributed by atoms with Crippen LogP contribution in [0.4, 0.5) is 5.69 Å². The number of hydrogen-bond acceptors (Lipinski definition) is 3. The Bertz CT molecular complexity index is 446. The van der Waals surface area contributed by atoms with Crippen molar-refractivity contribution in [1.82, 2.24) is 5.32 Å². The lowest BCUT2D eigenvalue weighted by atomic mass is 10.1. The van der Waals surface area contributed by atoms with Gasteiger partial charge in [-0.15, -0.1) is 0 Å². The van der Waals surface area contributed by atoms with E-state index in [0.29, 0.717) is 5.11 Å². The number of esters is 1. The number of para-hydroxylation sites is 1. The van der Waals surface area contributed by atoms with Crippen LogP contribution in [0.5, 0.6) is 0 Å². The molecule has 0 spiro atoms. The van der Waals surface area contributed by atoms with Gasteiger partial charge in [-0.1, -0.05) is 32.0 Å². The average Bonchev–Trinajstić information content (AvgIpc) is 2.35. The quantitative estimate of drug-likeness (QED) is 0.646. The highest BCUT2D eigenvalue weighted by atomic mass is 32.1. The number of carbonyl (C=O) groups is 1. The van der Waals surface area contributed by atoms with Gasteiger partial charge in [0.1, 0.15) is 6.04 Å². The molecule has 0 fully saturated rings. The summed E-state index contributed by atoms with van der Waals surface area (Å²) in [7, 11) is 0. The van der Waals surface area contributed by atoms with E-state index < -0.39 is 6.04 Å². The number of nitrogens with one attached hydrogen (secondary N) is 2. The lowest BCUT2D eigenvalue weighted by Crippen LogP contribution is -2.47. The molecule has 5 heteroatoms. The van der Waals surface area contributed by atoms with Crippen molar-refractivity contribution in [3.63, 3.8) is 0 Å². The molecule has 0 radical (unpaired) electrons. The molecule has 0 aliphatic heterocycles. The molecule has 1 aromatic rings. The molecule has 0 aliphatic carbocycles. The molecule has 1 rings (SSSR count). The normalized spacial score (nSPS) is 12.1. The Morgan fingerprint density at radius 3 is 2.25 bits per heavy atom. The Hall–Kier alpha value is -1.62. The minimum Gasteiger partial charge on any atom is -0.461 e. The molecule has 110 valence electrons. The van der Waals surface area contributed by atoms with Crippen molar-refractivity contribution in [1.29, 1.82) is 0 Å². The Kier molecular flexibility index (Phi) is 6.45. The van der Waals surface area contributed by atoms with E-state index in [1.165, 1.54) is 0 Å². The second kappa shape index (κ2) is 7.85. The number of anilines is 1. The van der Waals surface area contributed by atoms with Gasteiger partial charge in [-0.05, 0) is 44.1 Å². The molecule has 2 N–H and O–H groups in total. The molecular formula is C15H22N2O2S. The Balaban J connectivity index is 2.61. The number of hydrogen-bond donors (Lipinski definition) is 2. The van der Waals surface area contributed by atoms with Crippen LogP contribution >= 0.6 is 12.2 Å². The first-order chi connectivity index (χ1) is 9.40. The number of rotatable bonds is 5. The van der Waals surface area contributed by atoms with E-state index in [1.54, 1.807) is 0 Å². The van der Waals surface area contributed by atoms with Crippen LogP contribution in [0.25, 0.3) is 0 Å². The van der Waals surface area contributed by atoms with Crippen LogP contribution in [0, 0.1) is 5.92 Å². The van der Waals surface area contributed by atoms with Gasteiger partial charge in [0.2, 0.25) is 0 Å². The van der Waals surface area contributed by atoms with Gasteiger partial charge in [0.05, 0.1) is 6.10 Å². The van der Waals surface area contributed by atoms with Gasteiger partial charge >= 0.3 is 5.97 Å². The highest BCUT2D eigenvalue weighted by molar-refractivity contribution is 7.80. The summed E-state index contributed by atoms with van der Waals surface area (Å²) in [6.45, 7) is 7.56. The van der Waals surface area contributed by atoms with Gasteiger partial charge in [0.25, 0.3) is 0 Å². The van der Waals surface area contributed by atoms with Crippen molar-refractivity contribution < 1.29 is 9.53 Å². The van der Waals surface area contributed by atoms with Gasteiger partial charge in [-0.3, -0.25) is 0 Å². The molecule has 4 nitrogen and oxygen atoms in total. The van der Waals surface area contributed by atoms with Crippen LogP contribution in [-0.2, 0) is 9.53 Å². The predicted octanol–water partition coefficient (Wildman–Crippen LogP) is 2.95. The molecule has 0 aromatic heterocycles. The predicted molar refractivity (Wildman–Crippen MR) is 85.7 cm³/mol. The van der Waals surface area contributed by atoms with Crippen molar-refractivity contribution in [2.24, 2.45) is 5.92 Å². The Morgan fingerprint density at radius 2 is 1.75 bits per heavy atom. The monoisotopic (exact) mass is 294 g/mol. The molecule has 1 aromatic carbocycles. The summed E-state index contributed by atoms with van der Waals surface area (Å²) >= 11 is 5.23. The van der Waals surface area contributed by atoms with Gasteiger partial charge in [-0.2, -0.15) is 0 Å². The van der Waals surface area contributed by atoms with Crippen LogP contribution in [-0.4, -0.2) is 23.2 Å². The minimum atomic E-state index is -0.457. The van der Waals surface area contributed by atoms with Crippen molar-refractivity contribution >= 4 is 29.0 Å². The zero-order chi connectivity index (χ0) is 15.1. The minimum absolute atomic E-state index is 0.0803. The number of ether oxygens (including phenoxy) is 1. The summed E-state index contributed by atoms with van der Waals surface area (Å²) in [6, 6.07) is 9.12. The van der Waals surface area contributed by atoms with Gasteiger partial charge < -0.3 is 15.4 Å². The lowest BCUT2D eigenvalue weighted by Gasteiger charge is -2.23. The zero-order valence-electron chi connectivity index (χ0n) is 12.3. The molecule has 0 saturated carbocycles. The molecule has 20 heavy (non-hydrogen) atoms. The zero-order valence-corrected chi connectivity index (χ0v) is 13.2. The van der Waals surface area contributed by atoms with E-state index in [1.807, 2.05) is 58.0 Å². The fourth-order valence-electron chi connectivity index (χ4n) is 1.63. The lowest BCUT2D eigenvalue weighted by molar-refractivity contribution is -0.150. The smallest absolute Gasteiger partial charge is 0.329 e. The largest absolute Gasteiger partial charge is 0.461 e. The summed E-state index contributed by atoms with van der Waals surface area (Å²) in [5, 5.41) is 6.48. The van der Waals surface area contributed by atoms with Crippen LogP contribution in [0.2, 0.25) is 0 Å². The van der Waals surface area contributed by atoms with Crippen LogP contribution < -0.4 is 10.6 Å². The van der Waals surface area contributed by atoms with E-state index in [-0.39, 0.29) is 18.0 Å². The first-order valence-electron chi connectivity index (χ1n) is 6.73. The molecule has 1 unspecified atom stereocenters. The summed E-state index contributed by atoms with van der Waals surface area (Å²) in [5.41, 5.74) is 0.879. The SMILES string of the molecule is CC(C)OC(=O)C(NC(=S)Nc1ccccc1)C(C)C. The maximum Gasteiger partial charge on any atom is 0.329 e. The van der Waals surface area contributed by atoms with E-state index >= 15 is 0 Å². The fraction of sp³-hybridized carbons (Fsp3) is 0.467. The van der Waals surface area contributed by atoms with E-state index in [4.69, 9.17) is 17.0 Å². The number of thiocarbonyl (C=S) groups is 1. The summed E-state index contributed by atoms with van der Waals surface area (Å²) in [6.07, 6.45) is -0.138. The Morgan fingerprint density at radius 1 is 1.15 bits per heavy atom. The summed E-state index contributed by atoms with van der Waals surface area (Å²) in [4.78, 5) is 12.0. The molecule has 0 heterocycles. The van der Waals surface area contributed by atoms with Crippen LogP contribution in [0.1, 0.15) is 27.7 Å². The maximum absolute atomic E-state index is 12.0. The standard InChI is InChI=1S/C15H22N2O2S/c1-10(2)13(14(18)19-11(3)4)17-15(20)16-12-8-6-5-7-9-12/h5-11,13H,1-4H3,(H2,16,17,20). The summed E-state index contributed by atoms with van der Waals surface area (Å²) in [5.74, 6) is -0.205. The van der Waals surface area contributed by atoms with Crippen molar-refractivity contribution in [2.75, 3.05) is 5.32 Å². The van der Waals surface area contributed by atoms with Gasteiger partial charge in [-0.25, -0.2) is 4.79 Å². The van der Waals surface area contributed by atoms with Gasteiger partial charge in [0.15, 0.2) is 5.11 Å². The average molecular weight is 294 g/mol. The first-order valence-corrected chi connectivity index (χ1v) is 7.14. The third-order valence-electron chi connectivity index (χ3n) is 2.59. The van der Waals surface area contributed by atoms with Gasteiger partial charge in [0, 0.05) is 5.69 Å². The van der Waals surface area contributed by atoms with Crippen LogP contribution in [0.3, 0.4) is 0 Å². The maximum atomic E-state index is 12.0. The van der Waals surface area contributed by atoms with Crippen LogP contribution in [0.15, 0.2) is 30.3 Å². The van der Waals surface area contributed by atoms with Crippen molar-refractivity contribution in [3.8, 4) is 0 Å². The van der Waals surface area contributed by atoms with E-state index in [2.05, 4.69) is 10.6 Å². The van der Waals surface area contributed by atoms with E-state index in [0.717, 1.165) is 5.69 Å². The highest BCUT2D eigenvalue weighted by Gasteiger charge is 2.25. The second-order valence-electron chi connectivity index (χ2n) is 5.17. The molecule has 0 amide bonds. The first kappa shape index (κ1) is 16.4. The highest BCUT2D eigenvalue weighted by Crippen LogP contribution is 2.08. The molecule has 1 atom stereocenters. The second-order valence-corrected chi connectivity index (χ2v) is 5.58. The van der Waals surface area contributed by atoms with Crippen molar-refractivity contribution in [2.45, 2.75) is 39.8 Å².